The van der Waals surface area contributed by atoms with Crippen molar-refractivity contribution in [2.24, 2.45) is 0 Å². The molecule has 0 fully saturated rings. The molecule has 2 heteroatoms. The number of hydrogen-bond acceptors (Lipinski definition) is 2. The van der Waals surface area contributed by atoms with Gasteiger partial charge in [0, 0.05) is 12.3 Å². The molecular weight excluding hydrogens is 270 g/mol. The van der Waals surface area contributed by atoms with Gasteiger partial charge >= 0.3 is 0 Å². The first-order valence-electron chi connectivity index (χ1n) is 8.41. The van der Waals surface area contributed by atoms with E-state index in [1.807, 2.05) is 12.3 Å². The lowest BCUT2D eigenvalue weighted by molar-refractivity contribution is 0.397. The van der Waals surface area contributed by atoms with Crippen molar-refractivity contribution < 1.29 is 4.74 Å². The molecule has 22 heavy (non-hydrogen) atoms. The lowest BCUT2D eigenvalue weighted by Gasteiger charge is -2.04. The van der Waals surface area contributed by atoms with Gasteiger partial charge in [-0.2, -0.15) is 0 Å². The van der Waals surface area contributed by atoms with Crippen LogP contribution in [0.3, 0.4) is 0 Å². The lowest BCUT2D eigenvalue weighted by atomic mass is 10.0. The summed E-state index contributed by atoms with van der Waals surface area (Å²) in [6.45, 7) is 0. The second-order valence-corrected chi connectivity index (χ2v) is 5.82. The molecular formula is C20H27NO. The summed E-state index contributed by atoms with van der Waals surface area (Å²) in [6, 6.07) is 14.9. The van der Waals surface area contributed by atoms with E-state index in [1.54, 1.807) is 7.11 Å². The SMILES string of the molecule is COc1ccc(CCCCCCCCc2ccccc2)cn1. The minimum absolute atomic E-state index is 0.696. The number of aromatic nitrogens is 1. The largest absolute Gasteiger partial charge is 0.481 e. The molecule has 0 aliphatic heterocycles. The van der Waals surface area contributed by atoms with Crippen LogP contribution in [-0.2, 0) is 12.8 Å². The smallest absolute Gasteiger partial charge is 0.212 e. The average Bonchev–Trinajstić information content (AvgIpc) is 2.59. The molecule has 2 nitrogen and oxygen atoms in total. The van der Waals surface area contributed by atoms with E-state index in [0.29, 0.717) is 5.88 Å². The second-order valence-electron chi connectivity index (χ2n) is 5.82. The third-order valence-electron chi connectivity index (χ3n) is 4.03. The average molecular weight is 297 g/mol. The van der Waals surface area contributed by atoms with Gasteiger partial charge < -0.3 is 4.74 Å². The zero-order chi connectivity index (χ0) is 15.5. The lowest BCUT2D eigenvalue weighted by Crippen LogP contribution is -1.91. The first kappa shape index (κ1) is 16.5. The van der Waals surface area contributed by atoms with Crippen LogP contribution < -0.4 is 4.74 Å². The molecule has 0 aliphatic rings. The summed E-state index contributed by atoms with van der Waals surface area (Å²) in [5, 5.41) is 0. The van der Waals surface area contributed by atoms with Gasteiger partial charge in [0.15, 0.2) is 0 Å². The number of rotatable bonds is 10. The Bertz CT molecular complexity index is 507. The summed E-state index contributed by atoms with van der Waals surface area (Å²) in [4.78, 5) is 4.24. The maximum atomic E-state index is 5.07. The number of hydrogen-bond donors (Lipinski definition) is 0. The van der Waals surface area contributed by atoms with Crippen molar-refractivity contribution in [1.29, 1.82) is 0 Å². The fourth-order valence-electron chi connectivity index (χ4n) is 2.69. The first-order chi connectivity index (χ1) is 10.9. The number of pyridine rings is 1. The van der Waals surface area contributed by atoms with Gasteiger partial charge in [0.25, 0.3) is 0 Å². The summed E-state index contributed by atoms with van der Waals surface area (Å²) >= 11 is 0. The van der Waals surface area contributed by atoms with Crippen LogP contribution in [0.2, 0.25) is 0 Å². The van der Waals surface area contributed by atoms with Gasteiger partial charge in [-0.15, -0.1) is 0 Å². The molecule has 0 saturated heterocycles. The summed E-state index contributed by atoms with van der Waals surface area (Å²) in [7, 11) is 1.65. The topological polar surface area (TPSA) is 22.1 Å². The van der Waals surface area contributed by atoms with Gasteiger partial charge in [-0.1, -0.05) is 62.1 Å². The Hall–Kier alpha value is -1.83. The van der Waals surface area contributed by atoms with Gasteiger partial charge in [-0.05, 0) is 36.8 Å². The predicted molar refractivity (Wildman–Crippen MR) is 92.3 cm³/mol. The van der Waals surface area contributed by atoms with Crippen LogP contribution in [0.25, 0.3) is 0 Å². The second kappa shape index (κ2) is 9.99. The zero-order valence-corrected chi connectivity index (χ0v) is 13.6. The summed E-state index contributed by atoms with van der Waals surface area (Å²) in [5.74, 6) is 0.696. The van der Waals surface area contributed by atoms with E-state index in [9.17, 15) is 0 Å². The number of unbranched alkanes of at least 4 members (excludes halogenated alkanes) is 5. The van der Waals surface area contributed by atoms with Crippen molar-refractivity contribution >= 4 is 0 Å². The fourth-order valence-corrected chi connectivity index (χ4v) is 2.69. The molecule has 1 aromatic carbocycles. The van der Waals surface area contributed by atoms with Gasteiger partial charge in [0.05, 0.1) is 7.11 Å². The molecule has 1 aromatic heterocycles. The van der Waals surface area contributed by atoms with Gasteiger partial charge in [0.2, 0.25) is 5.88 Å². The maximum absolute atomic E-state index is 5.07. The Labute approximate surface area is 134 Å². The third-order valence-corrected chi connectivity index (χ3v) is 4.03. The summed E-state index contributed by atoms with van der Waals surface area (Å²) in [6.07, 6.45) is 12.2. The molecule has 0 atom stereocenters. The molecule has 1 heterocycles. The van der Waals surface area contributed by atoms with Crippen LogP contribution >= 0.6 is 0 Å². The monoisotopic (exact) mass is 297 g/mol. The highest BCUT2D eigenvalue weighted by molar-refractivity contribution is 5.17. The van der Waals surface area contributed by atoms with Crippen LogP contribution in [0.4, 0.5) is 0 Å². The number of aryl methyl sites for hydroxylation is 2. The Kier molecular flexibility index (Phi) is 7.51. The van der Waals surface area contributed by atoms with Crippen LogP contribution in [0.1, 0.15) is 49.7 Å². The van der Waals surface area contributed by atoms with Gasteiger partial charge in [-0.3, -0.25) is 0 Å². The van der Waals surface area contributed by atoms with Crippen LogP contribution in [0, 0.1) is 0 Å². The van der Waals surface area contributed by atoms with Crippen LogP contribution in [0.15, 0.2) is 48.7 Å². The van der Waals surface area contributed by atoms with E-state index >= 15 is 0 Å². The van der Waals surface area contributed by atoms with E-state index in [1.165, 1.54) is 56.1 Å². The molecule has 118 valence electrons. The first-order valence-corrected chi connectivity index (χ1v) is 8.41. The Morgan fingerprint density at radius 1 is 0.727 bits per heavy atom. The maximum Gasteiger partial charge on any atom is 0.212 e. The molecule has 0 amide bonds. The predicted octanol–water partition coefficient (Wildman–Crippen LogP) is 5.22. The standard InChI is InChI=1S/C20H27NO/c1-22-20-16-15-19(17-21-20)14-8-5-3-2-4-7-11-18-12-9-6-10-13-18/h6,9-10,12-13,15-17H,2-5,7-8,11,14H2,1H3. The van der Waals surface area contributed by atoms with Crippen molar-refractivity contribution in [3.63, 3.8) is 0 Å². The van der Waals surface area contributed by atoms with Gasteiger partial charge in [0.1, 0.15) is 0 Å². The van der Waals surface area contributed by atoms with Gasteiger partial charge in [-0.25, -0.2) is 4.98 Å². The van der Waals surface area contributed by atoms with Crippen molar-refractivity contribution in [3.8, 4) is 5.88 Å². The minimum Gasteiger partial charge on any atom is -0.481 e. The van der Waals surface area contributed by atoms with Crippen molar-refractivity contribution in [1.82, 2.24) is 4.98 Å². The number of nitrogens with zero attached hydrogens (tertiary/aromatic N) is 1. The quantitative estimate of drug-likeness (QED) is 0.561. The molecule has 0 aliphatic carbocycles. The molecule has 0 bridgehead atoms. The Balaban J connectivity index is 1.47. The minimum atomic E-state index is 0.696. The number of methoxy groups -OCH3 is 1. The molecule has 0 saturated carbocycles. The number of benzene rings is 1. The molecule has 0 unspecified atom stereocenters. The molecule has 0 spiro atoms. The highest BCUT2D eigenvalue weighted by Gasteiger charge is 1.97. The zero-order valence-electron chi connectivity index (χ0n) is 13.6. The highest BCUT2D eigenvalue weighted by Crippen LogP contribution is 2.13. The van der Waals surface area contributed by atoms with Crippen LogP contribution in [-0.4, -0.2) is 12.1 Å². The van der Waals surface area contributed by atoms with E-state index in [2.05, 4.69) is 41.4 Å². The summed E-state index contributed by atoms with van der Waals surface area (Å²) in [5.41, 5.74) is 2.78. The summed E-state index contributed by atoms with van der Waals surface area (Å²) < 4.78 is 5.07. The van der Waals surface area contributed by atoms with Crippen LogP contribution in [0.5, 0.6) is 5.88 Å². The van der Waals surface area contributed by atoms with Crippen molar-refractivity contribution in [2.45, 2.75) is 51.4 Å². The third kappa shape index (κ3) is 6.30. The highest BCUT2D eigenvalue weighted by atomic mass is 16.5. The van der Waals surface area contributed by atoms with E-state index < -0.39 is 0 Å². The fraction of sp³-hybridized carbons (Fsp3) is 0.450. The van der Waals surface area contributed by atoms with E-state index in [0.717, 1.165) is 6.42 Å². The molecule has 0 N–H and O–H groups in total. The molecule has 2 rings (SSSR count). The Morgan fingerprint density at radius 2 is 1.36 bits per heavy atom. The van der Waals surface area contributed by atoms with E-state index in [4.69, 9.17) is 4.74 Å². The normalized spacial score (nSPS) is 10.6. The van der Waals surface area contributed by atoms with Crippen molar-refractivity contribution in [2.75, 3.05) is 7.11 Å². The van der Waals surface area contributed by atoms with E-state index in [-0.39, 0.29) is 0 Å². The molecule has 2 aromatic rings. The molecule has 0 radical (unpaired) electrons. The van der Waals surface area contributed by atoms with Crippen molar-refractivity contribution in [3.05, 3.63) is 59.8 Å². The number of ether oxygens (including phenoxy) is 1. The Morgan fingerprint density at radius 3 is 1.95 bits per heavy atom.